The van der Waals surface area contributed by atoms with Crippen LogP contribution in [0.5, 0.6) is 0 Å². The molecule has 0 aliphatic rings. The summed E-state index contributed by atoms with van der Waals surface area (Å²) in [5.41, 5.74) is 0. The number of hydrogen-bond donors (Lipinski definition) is 0. The second-order valence-electron chi connectivity index (χ2n) is 5.13. The molecule has 0 fully saturated rings. The standard InChI is InChI=1S/C18H31O/c1-2-3-4-5-6-7-8-9-10-11-12-13-14-15-16-17-18-19/h6-7,9-10H,2-5,8,11-17H2,1H3/b7-6-,10-9-. The first kappa shape index (κ1) is 18.1. The highest BCUT2D eigenvalue weighted by atomic mass is 16.1. The summed E-state index contributed by atoms with van der Waals surface area (Å²) in [5, 5.41) is 0. The molecule has 1 radical (unpaired) electrons. The van der Waals surface area contributed by atoms with Crippen molar-refractivity contribution in [1.82, 2.24) is 0 Å². The van der Waals surface area contributed by atoms with E-state index in [0.717, 1.165) is 12.8 Å². The van der Waals surface area contributed by atoms with Gasteiger partial charge in [-0.25, -0.2) is 0 Å². The molecule has 0 heterocycles. The van der Waals surface area contributed by atoms with Crippen LogP contribution in [0.1, 0.15) is 84.0 Å². The maximum Gasteiger partial charge on any atom is 0.198 e. The minimum absolute atomic E-state index is 0.616. The minimum Gasteiger partial charge on any atom is -0.291 e. The molecule has 0 aromatic rings. The van der Waals surface area contributed by atoms with E-state index < -0.39 is 0 Å². The van der Waals surface area contributed by atoms with Crippen molar-refractivity contribution in [3.8, 4) is 0 Å². The quantitative estimate of drug-likeness (QED) is 0.281. The second kappa shape index (κ2) is 17.2. The van der Waals surface area contributed by atoms with Crippen molar-refractivity contribution in [2.24, 2.45) is 0 Å². The van der Waals surface area contributed by atoms with Crippen LogP contribution in [0.15, 0.2) is 24.3 Å². The number of hydrogen-bond acceptors (Lipinski definition) is 1. The van der Waals surface area contributed by atoms with E-state index in [1.54, 1.807) is 0 Å². The molecular weight excluding hydrogens is 232 g/mol. The Morgan fingerprint density at radius 1 is 0.737 bits per heavy atom. The van der Waals surface area contributed by atoms with Gasteiger partial charge in [-0.15, -0.1) is 0 Å². The zero-order valence-corrected chi connectivity index (χ0v) is 12.7. The molecule has 0 saturated carbocycles. The molecule has 0 aromatic carbocycles. The van der Waals surface area contributed by atoms with Crippen molar-refractivity contribution in [2.75, 3.05) is 0 Å². The Bertz CT molecular complexity index is 228. The molecule has 0 saturated heterocycles. The third-order valence-corrected chi connectivity index (χ3v) is 3.23. The molecule has 19 heavy (non-hydrogen) atoms. The Labute approximate surface area is 120 Å². The van der Waals surface area contributed by atoms with Crippen molar-refractivity contribution in [3.05, 3.63) is 24.3 Å². The molecule has 0 rings (SSSR count). The van der Waals surface area contributed by atoms with Crippen LogP contribution in [0.3, 0.4) is 0 Å². The molecule has 0 aromatic heterocycles. The van der Waals surface area contributed by atoms with Gasteiger partial charge in [0.05, 0.1) is 0 Å². The van der Waals surface area contributed by atoms with E-state index in [1.165, 1.54) is 57.8 Å². The Kier molecular flexibility index (Phi) is 16.4. The molecule has 0 spiro atoms. The van der Waals surface area contributed by atoms with Crippen LogP contribution in [0.2, 0.25) is 0 Å². The second-order valence-corrected chi connectivity index (χ2v) is 5.13. The first-order valence-electron chi connectivity index (χ1n) is 8.06. The fourth-order valence-corrected chi connectivity index (χ4v) is 2.01. The van der Waals surface area contributed by atoms with Gasteiger partial charge in [0.15, 0.2) is 6.29 Å². The fourth-order valence-electron chi connectivity index (χ4n) is 2.01. The van der Waals surface area contributed by atoms with Crippen LogP contribution in [0, 0.1) is 0 Å². The molecule has 1 heteroatoms. The zero-order chi connectivity index (χ0) is 14.0. The topological polar surface area (TPSA) is 17.1 Å². The van der Waals surface area contributed by atoms with E-state index in [4.69, 9.17) is 0 Å². The monoisotopic (exact) mass is 263 g/mol. The van der Waals surface area contributed by atoms with Crippen LogP contribution < -0.4 is 0 Å². The van der Waals surface area contributed by atoms with Gasteiger partial charge in [-0.05, 0) is 38.5 Å². The molecular formula is C18H31O. The average molecular weight is 263 g/mol. The summed E-state index contributed by atoms with van der Waals surface area (Å²) in [7, 11) is 0. The smallest absolute Gasteiger partial charge is 0.198 e. The molecule has 0 atom stereocenters. The van der Waals surface area contributed by atoms with Crippen LogP contribution in [0.4, 0.5) is 0 Å². The molecule has 109 valence electrons. The average Bonchev–Trinajstić information content (AvgIpc) is 2.43. The van der Waals surface area contributed by atoms with Crippen molar-refractivity contribution < 1.29 is 4.79 Å². The summed E-state index contributed by atoms with van der Waals surface area (Å²) in [6.07, 6.45) is 25.3. The summed E-state index contributed by atoms with van der Waals surface area (Å²) >= 11 is 0. The predicted molar refractivity (Wildman–Crippen MR) is 85.1 cm³/mol. The minimum atomic E-state index is 0.616. The lowest BCUT2D eigenvalue weighted by Crippen LogP contribution is -1.80. The molecule has 0 aliphatic carbocycles. The molecule has 0 N–H and O–H groups in total. The van der Waals surface area contributed by atoms with E-state index in [9.17, 15) is 4.79 Å². The van der Waals surface area contributed by atoms with E-state index in [-0.39, 0.29) is 0 Å². The fraction of sp³-hybridized carbons (Fsp3) is 0.722. The lowest BCUT2D eigenvalue weighted by atomic mass is 10.1. The van der Waals surface area contributed by atoms with Gasteiger partial charge in [0, 0.05) is 6.42 Å². The lowest BCUT2D eigenvalue weighted by molar-refractivity contribution is 0.542. The van der Waals surface area contributed by atoms with Gasteiger partial charge in [0.2, 0.25) is 0 Å². The van der Waals surface area contributed by atoms with Crippen LogP contribution >= 0.6 is 0 Å². The molecule has 0 bridgehead atoms. The lowest BCUT2D eigenvalue weighted by Gasteiger charge is -1.96. The van der Waals surface area contributed by atoms with Gasteiger partial charge in [-0.1, -0.05) is 63.3 Å². The summed E-state index contributed by atoms with van der Waals surface area (Å²) in [5.74, 6) is 0. The Hall–Kier alpha value is -0.850. The molecule has 0 unspecified atom stereocenters. The van der Waals surface area contributed by atoms with Gasteiger partial charge in [-0.2, -0.15) is 0 Å². The maximum absolute atomic E-state index is 10.00. The van der Waals surface area contributed by atoms with Crippen molar-refractivity contribution in [2.45, 2.75) is 84.0 Å². The van der Waals surface area contributed by atoms with Crippen molar-refractivity contribution in [1.29, 1.82) is 0 Å². The molecule has 0 aliphatic heterocycles. The molecule has 0 amide bonds. The van der Waals surface area contributed by atoms with Crippen molar-refractivity contribution >= 4 is 6.29 Å². The van der Waals surface area contributed by atoms with Gasteiger partial charge >= 0.3 is 0 Å². The third kappa shape index (κ3) is 17.1. The highest BCUT2D eigenvalue weighted by Crippen LogP contribution is 2.07. The predicted octanol–water partition coefficient (Wildman–Crippen LogP) is 5.91. The van der Waals surface area contributed by atoms with Crippen molar-refractivity contribution in [3.63, 3.8) is 0 Å². The first-order chi connectivity index (χ1) is 9.41. The van der Waals surface area contributed by atoms with Crippen LogP contribution in [-0.4, -0.2) is 6.29 Å². The maximum atomic E-state index is 10.00. The number of unbranched alkanes of at least 4 members (excludes halogenated alkanes) is 9. The zero-order valence-electron chi connectivity index (χ0n) is 12.7. The first-order valence-corrected chi connectivity index (χ1v) is 8.06. The van der Waals surface area contributed by atoms with Gasteiger partial charge in [0.25, 0.3) is 0 Å². The highest BCUT2D eigenvalue weighted by Gasteiger charge is 1.89. The van der Waals surface area contributed by atoms with Gasteiger partial charge < -0.3 is 0 Å². The largest absolute Gasteiger partial charge is 0.291 e. The Morgan fingerprint density at radius 3 is 1.95 bits per heavy atom. The van der Waals surface area contributed by atoms with Gasteiger partial charge in [-0.3, -0.25) is 4.79 Å². The normalized spacial score (nSPS) is 11.6. The SMILES string of the molecule is CCCCC/C=C\C/C=C\CCCCCCC[C]=O. The summed E-state index contributed by atoms with van der Waals surface area (Å²) in [6, 6.07) is 0. The number of rotatable bonds is 14. The Balaban J connectivity index is 3.14. The van der Waals surface area contributed by atoms with E-state index >= 15 is 0 Å². The van der Waals surface area contributed by atoms with E-state index in [1.807, 2.05) is 6.29 Å². The van der Waals surface area contributed by atoms with E-state index in [2.05, 4.69) is 31.2 Å². The summed E-state index contributed by atoms with van der Waals surface area (Å²) in [4.78, 5) is 10.00. The van der Waals surface area contributed by atoms with Gasteiger partial charge in [0.1, 0.15) is 0 Å². The molecule has 1 nitrogen and oxygen atoms in total. The van der Waals surface area contributed by atoms with E-state index in [0.29, 0.717) is 6.42 Å². The summed E-state index contributed by atoms with van der Waals surface area (Å²) < 4.78 is 0. The summed E-state index contributed by atoms with van der Waals surface area (Å²) in [6.45, 7) is 2.24. The Morgan fingerprint density at radius 2 is 1.32 bits per heavy atom. The number of allylic oxidation sites excluding steroid dienone is 4. The highest BCUT2D eigenvalue weighted by molar-refractivity contribution is 5.50. The third-order valence-electron chi connectivity index (χ3n) is 3.23. The number of carbonyl (C=O) groups excluding carboxylic acids is 1. The van der Waals surface area contributed by atoms with Crippen LogP contribution in [-0.2, 0) is 4.79 Å². The van der Waals surface area contributed by atoms with Crippen LogP contribution in [0.25, 0.3) is 0 Å².